The predicted octanol–water partition coefficient (Wildman–Crippen LogP) is 4.99. The molecule has 0 saturated heterocycles. The van der Waals surface area contributed by atoms with E-state index in [1.165, 1.54) is 36.4 Å². The number of rotatable bonds is 5. The molecular formula is C20H13F3N2O4S. The highest BCUT2D eigenvalue weighted by Gasteiger charge is 2.30. The molecule has 10 heteroatoms. The molecule has 0 aliphatic carbocycles. The van der Waals surface area contributed by atoms with Crippen molar-refractivity contribution in [2.75, 3.05) is 0 Å². The molecule has 30 heavy (non-hydrogen) atoms. The number of aromatic nitrogens is 2. The second-order valence-corrected chi connectivity index (χ2v) is 8.33. The third-order valence-corrected chi connectivity index (χ3v) is 5.86. The number of hydrogen-bond acceptors (Lipinski definition) is 6. The largest absolute Gasteiger partial charge is 0.455 e. The lowest BCUT2D eigenvalue weighted by atomic mass is 10.1. The van der Waals surface area contributed by atoms with Gasteiger partial charge in [0.05, 0.1) is 10.5 Å². The van der Waals surface area contributed by atoms with Crippen molar-refractivity contribution in [1.82, 2.24) is 10.1 Å². The van der Waals surface area contributed by atoms with E-state index < -0.39 is 21.6 Å². The first-order valence-corrected chi connectivity index (χ1v) is 10.3. The Morgan fingerprint density at radius 1 is 0.900 bits per heavy atom. The summed E-state index contributed by atoms with van der Waals surface area (Å²) >= 11 is 0. The molecule has 154 valence electrons. The summed E-state index contributed by atoms with van der Waals surface area (Å²) in [5.41, 5.74) is -0.457. The smallest absolute Gasteiger partial charge is 0.416 e. The minimum absolute atomic E-state index is 0.0201. The van der Waals surface area contributed by atoms with Gasteiger partial charge in [-0.25, -0.2) is 8.42 Å². The van der Waals surface area contributed by atoms with E-state index in [-0.39, 0.29) is 33.9 Å². The monoisotopic (exact) mass is 434 g/mol. The summed E-state index contributed by atoms with van der Waals surface area (Å²) in [6, 6.07) is 15.2. The maximum absolute atomic E-state index is 12.7. The highest BCUT2D eigenvalue weighted by Crippen LogP contribution is 2.31. The second kappa shape index (κ2) is 7.45. The molecule has 0 aliphatic heterocycles. The number of nitrogens with zero attached hydrogens (tertiary/aromatic N) is 2. The maximum Gasteiger partial charge on any atom is 0.416 e. The van der Waals surface area contributed by atoms with Crippen molar-refractivity contribution in [3.63, 3.8) is 0 Å². The van der Waals surface area contributed by atoms with Gasteiger partial charge < -0.3 is 8.94 Å². The molecule has 0 fully saturated rings. The van der Waals surface area contributed by atoms with Crippen molar-refractivity contribution < 1.29 is 30.5 Å². The van der Waals surface area contributed by atoms with Crippen LogP contribution in [0.2, 0.25) is 0 Å². The maximum atomic E-state index is 12.7. The molecule has 6 nitrogen and oxygen atoms in total. The van der Waals surface area contributed by atoms with Gasteiger partial charge in [0.15, 0.2) is 15.6 Å². The first-order chi connectivity index (χ1) is 14.2. The highest BCUT2D eigenvalue weighted by atomic mass is 32.2. The molecule has 0 N–H and O–H groups in total. The molecule has 2 heterocycles. The van der Waals surface area contributed by atoms with Gasteiger partial charge in [-0.3, -0.25) is 0 Å². The first kappa shape index (κ1) is 19.9. The fourth-order valence-electron chi connectivity index (χ4n) is 2.72. The highest BCUT2D eigenvalue weighted by molar-refractivity contribution is 7.90. The van der Waals surface area contributed by atoms with Crippen LogP contribution in [0, 0.1) is 0 Å². The minimum atomic E-state index is -4.44. The zero-order chi connectivity index (χ0) is 21.4. The molecular weight excluding hydrogens is 421 g/mol. The fraction of sp³-hybridized carbons (Fsp3) is 0.100. The number of alkyl halides is 3. The van der Waals surface area contributed by atoms with Crippen molar-refractivity contribution in [2.24, 2.45) is 0 Å². The molecule has 0 atom stereocenters. The fourth-order valence-corrected chi connectivity index (χ4v) is 3.99. The summed E-state index contributed by atoms with van der Waals surface area (Å²) in [6.07, 6.45) is -4.44. The van der Waals surface area contributed by atoms with Crippen LogP contribution in [0.3, 0.4) is 0 Å². The zero-order valence-electron chi connectivity index (χ0n) is 15.1. The Kier molecular flexibility index (Phi) is 4.94. The number of hydrogen-bond donors (Lipinski definition) is 0. The van der Waals surface area contributed by atoms with E-state index in [1.54, 1.807) is 18.2 Å². The van der Waals surface area contributed by atoms with Gasteiger partial charge in [-0.1, -0.05) is 35.5 Å². The van der Waals surface area contributed by atoms with Crippen LogP contribution in [0.15, 0.2) is 80.6 Å². The summed E-state index contributed by atoms with van der Waals surface area (Å²) in [5, 5.41) is 3.74. The molecule has 0 unspecified atom stereocenters. The third-order valence-electron chi connectivity index (χ3n) is 4.20. The molecule has 0 radical (unpaired) electrons. The molecule has 2 aromatic heterocycles. The molecule has 4 rings (SSSR count). The van der Waals surface area contributed by atoms with Crippen LogP contribution < -0.4 is 0 Å². The van der Waals surface area contributed by atoms with Crippen molar-refractivity contribution >= 4 is 9.84 Å². The van der Waals surface area contributed by atoms with Gasteiger partial charge in [-0.05, 0) is 36.4 Å². The van der Waals surface area contributed by atoms with Crippen LogP contribution in [0.5, 0.6) is 0 Å². The lowest BCUT2D eigenvalue weighted by Crippen LogP contribution is -2.04. The third kappa shape index (κ3) is 4.13. The Morgan fingerprint density at radius 2 is 1.60 bits per heavy atom. The Bertz CT molecular complexity index is 1260. The molecule has 0 bridgehead atoms. The normalized spacial score (nSPS) is 12.2. The van der Waals surface area contributed by atoms with Crippen molar-refractivity contribution in [1.29, 1.82) is 0 Å². The summed E-state index contributed by atoms with van der Waals surface area (Å²) in [5.74, 6) is 0.0422. The lowest BCUT2D eigenvalue weighted by molar-refractivity contribution is -0.137. The Balaban J connectivity index is 1.53. The number of benzene rings is 2. The van der Waals surface area contributed by atoms with Crippen molar-refractivity contribution in [3.05, 3.63) is 78.1 Å². The topological polar surface area (TPSA) is 86.2 Å². The van der Waals surface area contributed by atoms with Crippen LogP contribution in [0.25, 0.3) is 23.0 Å². The van der Waals surface area contributed by atoms with Crippen molar-refractivity contribution in [3.8, 4) is 23.0 Å². The van der Waals surface area contributed by atoms with E-state index in [1.807, 2.05) is 0 Å². The number of halogens is 3. The van der Waals surface area contributed by atoms with Crippen LogP contribution in [-0.4, -0.2) is 18.6 Å². The minimum Gasteiger partial charge on any atom is -0.455 e. The SMILES string of the molecule is O=S(=O)(Cc1ccc(-c2nc(-c3ccc(C(F)(F)F)cc3)no2)o1)c1ccccc1. The van der Waals surface area contributed by atoms with E-state index in [0.717, 1.165) is 12.1 Å². The quantitative estimate of drug-likeness (QED) is 0.440. The molecule has 4 aromatic rings. The van der Waals surface area contributed by atoms with Gasteiger partial charge in [-0.15, -0.1) is 0 Å². The molecule has 2 aromatic carbocycles. The Morgan fingerprint density at radius 3 is 2.27 bits per heavy atom. The van der Waals surface area contributed by atoms with E-state index in [0.29, 0.717) is 5.56 Å². The Labute approximate surface area is 168 Å². The zero-order valence-corrected chi connectivity index (χ0v) is 15.9. The summed E-state index contributed by atoms with van der Waals surface area (Å²) in [4.78, 5) is 4.28. The van der Waals surface area contributed by atoms with Gasteiger partial charge >= 0.3 is 6.18 Å². The van der Waals surface area contributed by atoms with Crippen LogP contribution in [0.1, 0.15) is 11.3 Å². The molecule has 0 saturated carbocycles. The average Bonchev–Trinajstić information content (AvgIpc) is 3.37. The van der Waals surface area contributed by atoms with Crippen LogP contribution >= 0.6 is 0 Å². The summed E-state index contributed by atoms with van der Waals surface area (Å²) in [6.45, 7) is 0. The van der Waals surface area contributed by atoms with E-state index in [9.17, 15) is 21.6 Å². The Hall–Kier alpha value is -3.40. The second-order valence-electron chi connectivity index (χ2n) is 6.34. The van der Waals surface area contributed by atoms with Gasteiger partial charge in [0.1, 0.15) is 11.5 Å². The van der Waals surface area contributed by atoms with Gasteiger partial charge in [0.2, 0.25) is 5.82 Å². The van der Waals surface area contributed by atoms with E-state index >= 15 is 0 Å². The van der Waals surface area contributed by atoms with Crippen molar-refractivity contribution in [2.45, 2.75) is 16.8 Å². The summed E-state index contributed by atoms with van der Waals surface area (Å²) < 4.78 is 73.5. The average molecular weight is 434 g/mol. The van der Waals surface area contributed by atoms with Crippen LogP contribution in [0.4, 0.5) is 13.2 Å². The van der Waals surface area contributed by atoms with Gasteiger partial charge in [0.25, 0.3) is 5.89 Å². The van der Waals surface area contributed by atoms with Gasteiger partial charge in [0, 0.05) is 5.56 Å². The van der Waals surface area contributed by atoms with Gasteiger partial charge in [-0.2, -0.15) is 18.2 Å². The number of sulfone groups is 1. The molecule has 0 aliphatic rings. The molecule has 0 amide bonds. The molecule has 0 spiro atoms. The summed E-state index contributed by atoms with van der Waals surface area (Å²) in [7, 11) is -3.59. The first-order valence-electron chi connectivity index (χ1n) is 8.61. The standard InChI is InChI=1S/C20H13F3N2O4S/c21-20(22,23)14-8-6-13(7-9-14)18-24-19(29-25-18)17-11-10-15(28-17)12-30(26,27)16-4-2-1-3-5-16/h1-11H,12H2. The predicted molar refractivity (Wildman–Crippen MR) is 99.8 cm³/mol. The van der Waals surface area contributed by atoms with Crippen LogP contribution in [-0.2, 0) is 21.8 Å². The lowest BCUT2D eigenvalue weighted by Gasteiger charge is -2.05. The van der Waals surface area contributed by atoms with E-state index in [2.05, 4.69) is 10.1 Å². The van der Waals surface area contributed by atoms with E-state index in [4.69, 9.17) is 8.94 Å². The number of furan rings is 1.